The van der Waals surface area contributed by atoms with Crippen LogP contribution in [0.2, 0.25) is 0 Å². The molecule has 0 aromatic rings. The minimum Gasteiger partial charge on any atom is -0.393 e. The Bertz CT molecular complexity index is 1380. The van der Waals surface area contributed by atoms with Gasteiger partial charge in [-0.1, -0.05) is 44.6 Å². The van der Waals surface area contributed by atoms with E-state index in [0.29, 0.717) is 12.8 Å². The lowest BCUT2D eigenvalue weighted by Gasteiger charge is -2.59. The first-order chi connectivity index (χ1) is 20.4. The van der Waals surface area contributed by atoms with Crippen molar-refractivity contribution in [3.8, 4) is 0 Å². The van der Waals surface area contributed by atoms with Gasteiger partial charge in [-0.3, -0.25) is 9.59 Å². The van der Waals surface area contributed by atoms with Gasteiger partial charge in [0.2, 0.25) is 0 Å². The zero-order chi connectivity index (χ0) is 33.8. The number of aliphatic hydroxyl groups excluding tert-OH is 2. The standard InChI is InChI=1S/C28H38O6/c1-26-11-10-18(30)12-17(26)8-9-19-20-13-23-28(22(32)15-29,27(20,2)14-21(31)24(19)26)34-25(33-23)16-6-4-3-5-7-16/h10-12,16,19-21,23-25,29,31H,3-9,13-15H2,1-2H3/t19-,20?,21?,23+,24?,25?,26-,27-,28+/m0/s1/i3D2,4D2,5D2,6D2,7D2,16D. The molecular formula is C28H38O6. The molecule has 6 rings (SSSR count). The van der Waals surface area contributed by atoms with E-state index < -0.39 is 85.1 Å². The van der Waals surface area contributed by atoms with E-state index in [-0.39, 0.29) is 36.4 Å². The number of Topliss-reactive ketones (excluding diaryl/α,β-unsaturated/α-hetero) is 1. The molecule has 0 bridgehead atoms. The molecule has 0 radical (unpaired) electrons. The van der Waals surface area contributed by atoms with Crippen LogP contribution in [0.1, 0.15) is 86.5 Å². The lowest BCUT2D eigenvalue weighted by atomic mass is 9.46. The number of fused-ring (bicyclic) bond motifs is 7. The molecule has 4 unspecified atom stereocenters. The lowest BCUT2D eigenvalue weighted by molar-refractivity contribution is -0.209. The van der Waals surface area contributed by atoms with E-state index in [4.69, 9.17) is 23.2 Å². The van der Waals surface area contributed by atoms with E-state index >= 15 is 0 Å². The number of ether oxygens (including phenoxy) is 2. The van der Waals surface area contributed by atoms with Crippen molar-refractivity contribution in [3.05, 3.63) is 23.8 Å². The van der Waals surface area contributed by atoms with Crippen LogP contribution in [-0.2, 0) is 19.1 Å². The van der Waals surface area contributed by atoms with E-state index in [0.717, 1.165) is 5.57 Å². The molecule has 4 saturated carbocycles. The van der Waals surface area contributed by atoms with Crippen LogP contribution in [0.3, 0.4) is 0 Å². The minimum atomic E-state index is -3.77. The van der Waals surface area contributed by atoms with Crippen molar-refractivity contribution in [3.63, 3.8) is 0 Å². The number of carbonyl (C=O) groups excluding carboxylic acids is 2. The highest BCUT2D eigenvalue weighted by atomic mass is 16.7. The molecule has 0 amide bonds. The third-order valence-corrected chi connectivity index (χ3v) is 9.55. The Morgan fingerprint density at radius 2 is 2.06 bits per heavy atom. The molecule has 6 nitrogen and oxygen atoms in total. The molecule has 1 saturated heterocycles. The maximum Gasteiger partial charge on any atom is 0.193 e. The fourth-order valence-electron chi connectivity index (χ4n) is 8.19. The van der Waals surface area contributed by atoms with Gasteiger partial charge in [-0.15, -0.1) is 0 Å². The Kier molecular flexibility index (Phi) is 3.18. The van der Waals surface area contributed by atoms with E-state index in [9.17, 15) is 21.2 Å². The number of hydrogen-bond donors (Lipinski definition) is 2. The summed E-state index contributed by atoms with van der Waals surface area (Å²) in [5.41, 5.74) is -3.21. The van der Waals surface area contributed by atoms with Crippen molar-refractivity contribution in [1.29, 1.82) is 0 Å². The molecule has 1 heterocycles. The summed E-state index contributed by atoms with van der Waals surface area (Å²) in [5.74, 6) is -5.62. The molecule has 5 aliphatic carbocycles. The lowest BCUT2D eigenvalue weighted by Crippen LogP contribution is -2.63. The summed E-state index contributed by atoms with van der Waals surface area (Å²) in [6, 6.07) is 0. The van der Waals surface area contributed by atoms with E-state index in [1.54, 1.807) is 19.1 Å². The average molecular weight is 482 g/mol. The maximum atomic E-state index is 13.8. The molecule has 0 aromatic carbocycles. The third kappa shape index (κ3) is 2.89. The number of aliphatic hydroxyl groups is 2. The Labute approximate surface area is 217 Å². The Hall–Kier alpha value is -1.34. The predicted octanol–water partition coefficient (Wildman–Crippen LogP) is 3.50. The fourth-order valence-corrected chi connectivity index (χ4v) is 8.19. The second-order valence-electron chi connectivity index (χ2n) is 10.9. The first-order valence-corrected chi connectivity index (χ1v) is 12.0. The monoisotopic (exact) mass is 481 g/mol. The Balaban J connectivity index is 1.46. The van der Waals surface area contributed by atoms with Crippen molar-refractivity contribution in [2.24, 2.45) is 34.5 Å². The van der Waals surface area contributed by atoms with Crippen molar-refractivity contribution in [2.45, 2.75) is 95.5 Å². The number of hydrogen-bond acceptors (Lipinski definition) is 6. The van der Waals surface area contributed by atoms with Crippen LogP contribution in [0.25, 0.3) is 0 Å². The van der Waals surface area contributed by atoms with Gasteiger partial charge in [-0.05, 0) is 62.4 Å². The molecule has 186 valence electrons. The van der Waals surface area contributed by atoms with Crippen LogP contribution in [0.5, 0.6) is 0 Å². The quantitative estimate of drug-likeness (QED) is 0.641. The van der Waals surface area contributed by atoms with E-state index in [1.807, 2.05) is 6.92 Å². The van der Waals surface area contributed by atoms with Crippen LogP contribution in [0, 0.1) is 34.5 Å². The number of ketones is 2. The molecule has 6 heteroatoms. The second kappa shape index (κ2) is 7.83. The number of carbonyl (C=O) groups is 2. The highest BCUT2D eigenvalue weighted by Gasteiger charge is 2.76. The first-order valence-electron chi connectivity index (χ1n) is 17.5. The van der Waals surface area contributed by atoms with Gasteiger partial charge in [-0.2, -0.15) is 0 Å². The average Bonchev–Trinajstić information content (AvgIpc) is 3.44. The van der Waals surface area contributed by atoms with Gasteiger partial charge < -0.3 is 19.7 Å². The van der Waals surface area contributed by atoms with Crippen molar-refractivity contribution in [2.75, 3.05) is 6.61 Å². The van der Waals surface area contributed by atoms with Gasteiger partial charge >= 0.3 is 0 Å². The van der Waals surface area contributed by atoms with Gasteiger partial charge in [0.25, 0.3) is 0 Å². The van der Waals surface area contributed by atoms with Crippen LogP contribution < -0.4 is 0 Å². The summed E-state index contributed by atoms with van der Waals surface area (Å²) >= 11 is 0. The first kappa shape index (κ1) is 13.8. The van der Waals surface area contributed by atoms with Crippen molar-refractivity contribution in [1.82, 2.24) is 0 Å². The molecule has 9 atom stereocenters. The van der Waals surface area contributed by atoms with E-state index in [2.05, 4.69) is 0 Å². The summed E-state index contributed by atoms with van der Waals surface area (Å²) in [6.07, 6.45) is -17.6. The maximum absolute atomic E-state index is 13.8. The highest BCUT2D eigenvalue weighted by molar-refractivity contribution is 6.01. The van der Waals surface area contributed by atoms with Gasteiger partial charge in [0.05, 0.1) is 12.2 Å². The van der Waals surface area contributed by atoms with Gasteiger partial charge in [0, 0.05) is 37.7 Å². The molecule has 0 aromatic heterocycles. The molecule has 5 fully saturated rings. The molecule has 2 N–H and O–H groups in total. The number of rotatable bonds is 3. The van der Waals surface area contributed by atoms with Gasteiger partial charge in [0.1, 0.15) is 6.61 Å². The number of allylic oxidation sites excluding steroid dienone is 4. The Morgan fingerprint density at radius 1 is 1.29 bits per heavy atom. The largest absolute Gasteiger partial charge is 0.393 e. The topological polar surface area (TPSA) is 93.1 Å². The summed E-state index contributed by atoms with van der Waals surface area (Å²) in [4.78, 5) is 26.0. The smallest absolute Gasteiger partial charge is 0.193 e. The summed E-state index contributed by atoms with van der Waals surface area (Å²) in [6.45, 7) is 2.54. The van der Waals surface area contributed by atoms with Crippen molar-refractivity contribution < 1.29 is 44.4 Å². The fraction of sp³-hybridized carbons (Fsp3) is 0.786. The summed E-state index contributed by atoms with van der Waals surface area (Å²) in [5, 5.41) is 22.0. The summed E-state index contributed by atoms with van der Waals surface area (Å²) < 4.78 is 106. The zero-order valence-corrected chi connectivity index (χ0v) is 19.3. The highest BCUT2D eigenvalue weighted by Crippen LogP contribution is 2.70. The normalized spacial score (nSPS) is 63.4. The SMILES string of the molecule is [2H]C1([2H])C([2H])([2H])C([2H])([2H])C([2H])(C2O[C@@H]3CC4[C@@H]5CCC6=CC(=O)C=C[C@]6(C)C5C(O)C[C@]4(C)[C@]3(C(=O)CO)O2)C([2H])([2H])C1([2H])[2H]. The molecule has 6 aliphatic rings. The van der Waals surface area contributed by atoms with Crippen LogP contribution >= 0.6 is 0 Å². The van der Waals surface area contributed by atoms with Crippen LogP contribution in [0.15, 0.2) is 23.8 Å². The molecule has 34 heavy (non-hydrogen) atoms. The third-order valence-electron chi connectivity index (χ3n) is 9.55. The molecular weight excluding hydrogens is 432 g/mol. The van der Waals surface area contributed by atoms with Crippen LogP contribution in [0.4, 0.5) is 0 Å². The Morgan fingerprint density at radius 3 is 2.79 bits per heavy atom. The minimum absolute atomic E-state index is 0.0626. The van der Waals surface area contributed by atoms with Gasteiger partial charge in [0.15, 0.2) is 23.5 Å². The molecule has 1 aliphatic heterocycles. The van der Waals surface area contributed by atoms with Gasteiger partial charge in [-0.25, -0.2) is 0 Å². The van der Waals surface area contributed by atoms with E-state index in [1.165, 1.54) is 6.08 Å². The predicted molar refractivity (Wildman–Crippen MR) is 125 cm³/mol. The van der Waals surface area contributed by atoms with Crippen molar-refractivity contribution >= 4 is 11.6 Å². The zero-order valence-electron chi connectivity index (χ0n) is 30.3. The second-order valence-corrected chi connectivity index (χ2v) is 10.9. The summed E-state index contributed by atoms with van der Waals surface area (Å²) in [7, 11) is 0. The van der Waals surface area contributed by atoms with Crippen LogP contribution in [-0.4, -0.2) is 52.5 Å². The molecule has 0 spiro atoms.